The van der Waals surface area contributed by atoms with Gasteiger partial charge in [-0.2, -0.15) is 5.21 Å². The standard InChI is InChI=1S/C10H12N6O2/c1-18-6-2-3-7(8(11)4-6)10(17)12-5-9-13-15-16-14-9/h2-4H,5,11H2,1H3,(H,12,17)(H,13,14,15,16). The summed E-state index contributed by atoms with van der Waals surface area (Å²) in [5.74, 6) is 0.692. The third-order valence-corrected chi connectivity index (χ3v) is 2.30. The van der Waals surface area contributed by atoms with Gasteiger partial charge in [0.2, 0.25) is 0 Å². The van der Waals surface area contributed by atoms with Crippen molar-refractivity contribution in [1.29, 1.82) is 0 Å². The summed E-state index contributed by atoms with van der Waals surface area (Å²) in [6, 6.07) is 4.85. The normalized spacial score (nSPS) is 10.1. The molecule has 1 heterocycles. The van der Waals surface area contributed by atoms with Crippen LogP contribution in [0.4, 0.5) is 5.69 Å². The number of amides is 1. The van der Waals surface area contributed by atoms with Gasteiger partial charge in [-0.05, 0) is 12.1 Å². The summed E-state index contributed by atoms with van der Waals surface area (Å²) in [5, 5.41) is 15.8. The number of nitrogen functional groups attached to an aromatic ring is 1. The van der Waals surface area contributed by atoms with Crippen molar-refractivity contribution in [2.24, 2.45) is 0 Å². The first-order chi connectivity index (χ1) is 8.70. The Kier molecular flexibility index (Phi) is 3.37. The lowest BCUT2D eigenvalue weighted by molar-refractivity contribution is 0.0951. The summed E-state index contributed by atoms with van der Waals surface area (Å²) in [4.78, 5) is 11.8. The molecular formula is C10H12N6O2. The van der Waals surface area contributed by atoms with E-state index in [1.807, 2.05) is 0 Å². The maximum absolute atomic E-state index is 11.8. The minimum absolute atomic E-state index is 0.181. The molecule has 0 saturated carbocycles. The van der Waals surface area contributed by atoms with E-state index in [1.165, 1.54) is 7.11 Å². The van der Waals surface area contributed by atoms with Crippen molar-refractivity contribution in [2.45, 2.75) is 6.54 Å². The third-order valence-electron chi connectivity index (χ3n) is 2.30. The minimum Gasteiger partial charge on any atom is -0.497 e. The lowest BCUT2D eigenvalue weighted by Gasteiger charge is -2.07. The second kappa shape index (κ2) is 5.13. The molecule has 18 heavy (non-hydrogen) atoms. The van der Waals surface area contributed by atoms with Crippen LogP contribution in [0, 0.1) is 0 Å². The summed E-state index contributed by atoms with van der Waals surface area (Å²) in [5.41, 5.74) is 6.48. The molecule has 94 valence electrons. The maximum atomic E-state index is 11.8. The predicted octanol–water partition coefficient (Wildman–Crippen LogP) is -0.280. The molecule has 2 aromatic rings. The van der Waals surface area contributed by atoms with E-state index in [2.05, 4.69) is 25.9 Å². The van der Waals surface area contributed by atoms with Gasteiger partial charge in [-0.3, -0.25) is 4.79 Å². The van der Waals surface area contributed by atoms with Gasteiger partial charge in [0.1, 0.15) is 5.75 Å². The molecule has 0 unspecified atom stereocenters. The third kappa shape index (κ3) is 2.54. The zero-order valence-corrected chi connectivity index (χ0v) is 9.67. The molecule has 0 fully saturated rings. The minimum atomic E-state index is -0.306. The number of carbonyl (C=O) groups is 1. The highest BCUT2D eigenvalue weighted by Crippen LogP contribution is 2.19. The number of nitrogens with one attached hydrogen (secondary N) is 2. The summed E-state index contributed by atoms with van der Waals surface area (Å²) in [6.07, 6.45) is 0. The van der Waals surface area contributed by atoms with Gasteiger partial charge in [0, 0.05) is 11.8 Å². The number of benzene rings is 1. The molecule has 0 atom stereocenters. The number of aromatic nitrogens is 4. The lowest BCUT2D eigenvalue weighted by Crippen LogP contribution is -2.24. The Balaban J connectivity index is 2.04. The Morgan fingerprint density at radius 3 is 3.00 bits per heavy atom. The largest absolute Gasteiger partial charge is 0.497 e. The Hall–Kier alpha value is -2.64. The highest BCUT2D eigenvalue weighted by molar-refractivity contribution is 5.99. The number of anilines is 1. The Labute approximate surface area is 103 Å². The SMILES string of the molecule is COc1ccc(C(=O)NCc2nn[nH]n2)c(N)c1. The number of nitrogens with zero attached hydrogens (tertiary/aromatic N) is 3. The van der Waals surface area contributed by atoms with Crippen LogP contribution in [0.2, 0.25) is 0 Å². The second-order valence-corrected chi connectivity index (χ2v) is 3.46. The quantitative estimate of drug-likeness (QED) is 0.640. The highest BCUT2D eigenvalue weighted by Gasteiger charge is 2.11. The zero-order chi connectivity index (χ0) is 13.0. The second-order valence-electron chi connectivity index (χ2n) is 3.46. The van der Waals surface area contributed by atoms with E-state index in [0.717, 1.165) is 0 Å². The first-order valence-corrected chi connectivity index (χ1v) is 5.14. The van der Waals surface area contributed by atoms with Gasteiger partial charge in [-0.1, -0.05) is 5.21 Å². The van der Waals surface area contributed by atoms with E-state index in [0.29, 0.717) is 22.8 Å². The highest BCUT2D eigenvalue weighted by atomic mass is 16.5. The van der Waals surface area contributed by atoms with Crippen LogP contribution in [0.25, 0.3) is 0 Å². The van der Waals surface area contributed by atoms with Gasteiger partial charge in [-0.15, -0.1) is 10.2 Å². The van der Waals surface area contributed by atoms with Crippen LogP contribution in [0.5, 0.6) is 5.75 Å². The summed E-state index contributed by atoms with van der Waals surface area (Å²) in [6.45, 7) is 0.181. The van der Waals surface area contributed by atoms with Gasteiger partial charge in [0.05, 0.1) is 19.2 Å². The topological polar surface area (TPSA) is 119 Å². The first kappa shape index (κ1) is 11.8. The van der Waals surface area contributed by atoms with Crippen molar-refractivity contribution in [1.82, 2.24) is 25.9 Å². The molecule has 0 bridgehead atoms. The molecule has 0 aliphatic carbocycles. The number of carbonyl (C=O) groups excluding carboxylic acids is 1. The molecule has 0 radical (unpaired) electrons. The van der Waals surface area contributed by atoms with Gasteiger partial charge in [-0.25, -0.2) is 0 Å². The smallest absolute Gasteiger partial charge is 0.253 e. The monoisotopic (exact) mass is 248 g/mol. The van der Waals surface area contributed by atoms with Crippen LogP contribution in [0.1, 0.15) is 16.2 Å². The summed E-state index contributed by atoms with van der Waals surface area (Å²) >= 11 is 0. The van der Waals surface area contributed by atoms with Gasteiger partial charge in [0.25, 0.3) is 5.91 Å². The van der Waals surface area contributed by atoms with Crippen molar-refractivity contribution >= 4 is 11.6 Å². The number of ether oxygens (including phenoxy) is 1. The molecule has 0 aliphatic heterocycles. The van der Waals surface area contributed by atoms with Crippen LogP contribution in [0.3, 0.4) is 0 Å². The number of nitrogens with two attached hydrogens (primary N) is 1. The number of tetrazole rings is 1. The van der Waals surface area contributed by atoms with Crippen LogP contribution in [-0.2, 0) is 6.54 Å². The maximum Gasteiger partial charge on any atom is 0.253 e. The molecule has 8 heteroatoms. The molecule has 4 N–H and O–H groups in total. The van der Waals surface area contributed by atoms with Crippen molar-refractivity contribution in [3.63, 3.8) is 0 Å². The fraction of sp³-hybridized carbons (Fsp3) is 0.200. The number of aromatic amines is 1. The van der Waals surface area contributed by atoms with Crippen LogP contribution in [0.15, 0.2) is 18.2 Å². The number of hydrogen-bond acceptors (Lipinski definition) is 6. The van der Waals surface area contributed by atoms with E-state index in [-0.39, 0.29) is 12.5 Å². The molecular weight excluding hydrogens is 236 g/mol. The van der Waals surface area contributed by atoms with Crippen LogP contribution in [-0.4, -0.2) is 33.6 Å². The Bertz CT molecular complexity index is 539. The zero-order valence-electron chi connectivity index (χ0n) is 9.67. The van der Waals surface area contributed by atoms with E-state index in [4.69, 9.17) is 10.5 Å². The average Bonchev–Trinajstić information content (AvgIpc) is 2.88. The summed E-state index contributed by atoms with van der Waals surface area (Å²) < 4.78 is 5.00. The van der Waals surface area contributed by atoms with E-state index in [1.54, 1.807) is 18.2 Å². The van der Waals surface area contributed by atoms with Crippen molar-refractivity contribution < 1.29 is 9.53 Å². The van der Waals surface area contributed by atoms with Crippen LogP contribution >= 0.6 is 0 Å². The molecule has 1 aromatic heterocycles. The first-order valence-electron chi connectivity index (χ1n) is 5.14. The molecule has 1 aromatic carbocycles. The molecule has 0 aliphatic rings. The van der Waals surface area contributed by atoms with E-state index < -0.39 is 0 Å². The number of H-pyrrole nitrogens is 1. The van der Waals surface area contributed by atoms with Gasteiger partial charge < -0.3 is 15.8 Å². The van der Waals surface area contributed by atoms with E-state index >= 15 is 0 Å². The number of rotatable bonds is 4. The van der Waals surface area contributed by atoms with Crippen molar-refractivity contribution in [3.8, 4) is 5.75 Å². The summed E-state index contributed by atoms with van der Waals surface area (Å²) in [7, 11) is 1.53. The number of hydrogen-bond donors (Lipinski definition) is 3. The fourth-order valence-electron chi connectivity index (χ4n) is 1.39. The Morgan fingerprint density at radius 2 is 2.39 bits per heavy atom. The molecule has 0 spiro atoms. The van der Waals surface area contributed by atoms with Gasteiger partial charge >= 0.3 is 0 Å². The predicted molar refractivity (Wildman–Crippen MR) is 62.8 cm³/mol. The molecule has 2 rings (SSSR count). The van der Waals surface area contributed by atoms with Gasteiger partial charge in [0.15, 0.2) is 5.82 Å². The molecule has 0 saturated heterocycles. The average molecular weight is 248 g/mol. The molecule has 1 amide bonds. The molecule has 8 nitrogen and oxygen atoms in total. The van der Waals surface area contributed by atoms with Crippen molar-refractivity contribution in [3.05, 3.63) is 29.6 Å². The lowest BCUT2D eigenvalue weighted by atomic mass is 10.1. The Morgan fingerprint density at radius 1 is 1.56 bits per heavy atom. The fourth-order valence-corrected chi connectivity index (χ4v) is 1.39. The van der Waals surface area contributed by atoms with E-state index in [9.17, 15) is 4.79 Å². The number of methoxy groups -OCH3 is 1. The van der Waals surface area contributed by atoms with Crippen LogP contribution < -0.4 is 15.8 Å². The van der Waals surface area contributed by atoms with Crippen molar-refractivity contribution in [2.75, 3.05) is 12.8 Å².